The van der Waals surface area contributed by atoms with Crippen molar-refractivity contribution >= 4 is 23.4 Å². The number of methoxy groups -OCH3 is 1. The Balaban J connectivity index is 1.26. The molecule has 0 atom stereocenters. The Morgan fingerprint density at radius 2 is 1.69 bits per heavy atom. The first-order valence-corrected chi connectivity index (χ1v) is 10.7. The minimum atomic E-state index is -0.0857. The van der Waals surface area contributed by atoms with Gasteiger partial charge in [-0.05, 0) is 60.7 Å². The van der Waals surface area contributed by atoms with Crippen LogP contribution in [-0.4, -0.2) is 34.0 Å². The van der Waals surface area contributed by atoms with E-state index in [4.69, 9.17) is 13.9 Å². The first-order valence-electron chi connectivity index (χ1n) is 9.72. The molecule has 4 aromatic rings. The molecule has 8 nitrogen and oxygen atoms in total. The van der Waals surface area contributed by atoms with Gasteiger partial charge in [0.15, 0.2) is 6.61 Å². The number of anilines is 1. The van der Waals surface area contributed by atoms with E-state index in [1.165, 1.54) is 11.8 Å². The quantitative estimate of drug-likeness (QED) is 0.375. The van der Waals surface area contributed by atoms with Crippen LogP contribution in [0.3, 0.4) is 0 Å². The van der Waals surface area contributed by atoms with Crippen molar-refractivity contribution < 1.29 is 18.7 Å². The fourth-order valence-corrected chi connectivity index (χ4v) is 3.41. The third kappa shape index (κ3) is 5.86. The molecular formula is C23H20N4O4S. The number of rotatable bonds is 9. The summed E-state index contributed by atoms with van der Waals surface area (Å²) in [5, 5.41) is 10.9. The largest absolute Gasteiger partial charge is 0.497 e. The van der Waals surface area contributed by atoms with Crippen LogP contribution in [0, 0.1) is 0 Å². The number of carbonyl (C=O) groups is 1. The van der Waals surface area contributed by atoms with E-state index in [0.29, 0.717) is 29.0 Å². The van der Waals surface area contributed by atoms with Gasteiger partial charge in [-0.15, -0.1) is 22.0 Å². The van der Waals surface area contributed by atoms with Gasteiger partial charge in [0.25, 0.3) is 5.89 Å². The van der Waals surface area contributed by atoms with E-state index in [1.54, 1.807) is 43.8 Å². The Kier molecular flexibility index (Phi) is 6.98. The molecule has 4 rings (SSSR count). The Morgan fingerprint density at radius 3 is 2.41 bits per heavy atom. The van der Waals surface area contributed by atoms with Crippen LogP contribution in [0.15, 0.2) is 82.4 Å². The van der Waals surface area contributed by atoms with E-state index in [1.807, 2.05) is 36.4 Å². The second-order valence-electron chi connectivity index (χ2n) is 6.56. The summed E-state index contributed by atoms with van der Waals surface area (Å²) in [6, 6.07) is 18.2. The van der Waals surface area contributed by atoms with Gasteiger partial charge in [0.05, 0.1) is 12.9 Å². The van der Waals surface area contributed by atoms with Gasteiger partial charge in [-0.25, -0.2) is 0 Å². The summed E-state index contributed by atoms with van der Waals surface area (Å²) < 4.78 is 16.5. The molecule has 2 heterocycles. The molecular weight excluding hydrogens is 428 g/mol. The summed E-state index contributed by atoms with van der Waals surface area (Å²) in [5.41, 5.74) is 1.49. The number of hydrogen-bond donors (Lipinski definition) is 1. The third-order valence-electron chi connectivity index (χ3n) is 4.32. The predicted octanol–water partition coefficient (Wildman–Crippen LogP) is 4.45. The molecule has 0 saturated heterocycles. The number of amides is 1. The molecule has 0 radical (unpaired) electrons. The first-order chi connectivity index (χ1) is 15.7. The molecule has 32 heavy (non-hydrogen) atoms. The lowest BCUT2D eigenvalue weighted by Gasteiger charge is -2.07. The van der Waals surface area contributed by atoms with Crippen LogP contribution >= 0.6 is 11.8 Å². The second-order valence-corrected chi connectivity index (χ2v) is 7.61. The van der Waals surface area contributed by atoms with Crippen molar-refractivity contribution in [3.05, 3.63) is 78.9 Å². The van der Waals surface area contributed by atoms with E-state index in [0.717, 1.165) is 16.2 Å². The topological polar surface area (TPSA) is 99.4 Å². The Morgan fingerprint density at radius 1 is 0.969 bits per heavy atom. The van der Waals surface area contributed by atoms with Gasteiger partial charge in [-0.3, -0.25) is 9.78 Å². The molecule has 0 bridgehead atoms. The molecule has 0 aliphatic heterocycles. The number of nitrogens with one attached hydrogen (secondary N) is 1. The summed E-state index contributed by atoms with van der Waals surface area (Å²) >= 11 is 1.45. The zero-order valence-corrected chi connectivity index (χ0v) is 18.0. The predicted molar refractivity (Wildman–Crippen MR) is 121 cm³/mol. The smallest absolute Gasteiger partial charge is 0.254 e. The van der Waals surface area contributed by atoms with Crippen molar-refractivity contribution in [2.24, 2.45) is 0 Å². The summed E-state index contributed by atoms with van der Waals surface area (Å²) in [7, 11) is 1.61. The molecule has 0 fully saturated rings. The maximum atomic E-state index is 12.1. The van der Waals surface area contributed by atoms with Gasteiger partial charge in [-0.2, -0.15) is 0 Å². The van der Waals surface area contributed by atoms with E-state index in [2.05, 4.69) is 20.5 Å². The Hall–Kier alpha value is -3.85. The number of nitrogens with zero attached hydrogens (tertiary/aromatic N) is 3. The van der Waals surface area contributed by atoms with Gasteiger partial charge < -0.3 is 19.2 Å². The third-order valence-corrected chi connectivity index (χ3v) is 5.34. The highest BCUT2D eigenvalue weighted by Gasteiger charge is 2.10. The Labute approximate surface area is 189 Å². The molecule has 0 aliphatic rings. The molecule has 0 unspecified atom stereocenters. The number of aromatic nitrogens is 3. The fraction of sp³-hybridized carbons (Fsp3) is 0.130. The summed E-state index contributed by atoms with van der Waals surface area (Å²) in [6.45, 7) is 0.136. The molecule has 9 heteroatoms. The highest BCUT2D eigenvalue weighted by atomic mass is 32.2. The average molecular weight is 449 g/mol. The minimum Gasteiger partial charge on any atom is -0.497 e. The normalized spacial score (nSPS) is 10.5. The van der Waals surface area contributed by atoms with Crippen LogP contribution in [0.25, 0.3) is 11.5 Å². The lowest BCUT2D eigenvalue weighted by atomic mass is 10.2. The number of carbonyl (C=O) groups excluding carboxylic acids is 1. The molecule has 0 saturated carbocycles. The number of hydrogen-bond acceptors (Lipinski definition) is 8. The monoisotopic (exact) mass is 448 g/mol. The van der Waals surface area contributed by atoms with Crippen molar-refractivity contribution in [1.82, 2.24) is 15.2 Å². The zero-order valence-electron chi connectivity index (χ0n) is 17.2. The maximum absolute atomic E-state index is 12.1. The zero-order chi connectivity index (χ0) is 22.2. The molecule has 1 amide bonds. The lowest BCUT2D eigenvalue weighted by Crippen LogP contribution is -2.13. The number of benzene rings is 2. The SMILES string of the molecule is COc1ccc(-c2nnc(COc3ccc(NC(=O)CSc4ccncc4)cc3)o2)cc1. The lowest BCUT2D eigenvalue weighted by molar-refractivity contribution is -0.113. The van der Waals surface area contributed by atoms with Gasteiger partial charge in [-0.1, -0.05) is 0 Å². The van der Waals surface area contributed by atoms with Crippen molar-refractivity contribution in [3.8, 4) is 23.0 Å². The average Bonchev–Trinajstić information content (AvgIpc) is 3.32. The second kappa shape index (κ2) is 10.5. The summed E-state index contributed by atoms with van der Waals surface area (Å²) in [5.74, 6) is 2.38. The number of thioether (sulfide) groups is 1. The van der Waals surface area contributed by atoms with Crippen molar-refractivity contribution in [3.63, 3.8) is 0 Å². The molecule has 2 aromatic carbocycles. The van der Waals surface area contributed by atoms with Crippen LogP contribution in [0.1, 0.15) is 5.89 Å². The fourth-order valence-electron chi connectivity index (χ4n) is 2.72. The van der Waals surface area contributed by atoms with Crippen LogP contribution in [0.2, 0.25) is 0 Å². The van der Waals surface area contributed by atoms with E-state index < -0.39 is 0 Å². The van der Waals surface area contributed by atoms with E-state index in [9.17, 15) is 4.79 Å². The molecule has 0 spiro atoms. The maximum Gasteiger partial charge on any atom is 0.254 e. The highest BCUT2D eigenvalue weighted by Crippen LogP contribution is 2.22. The van der Waals surface area contributed by atoms with Crippen molar-refractivity contribution in [2.45, 2.75) is 11.5 Å². The van der Waals surface area contributed by atoms with E-state index in [-0.39, 0.29) is 12.5 Å². The van der Waals surface area contributed by atoms with E-state index >= 15 is 0 Å². The van der Waals surface area contributed by atoms with Gasteiger partial charge in [0, 0.05) is 28.5 Å². The number of ether oxygens (including phenoxy) is 2. The van der Waals surface area contributed by atoms with Crippen molar-refractivity contribution in [2.75, 3.05) is 18.2 Å². The van der Waals surface area contributed by atoms with Gasteiger partial charge >= 0.3 is 0 Å². The Bertz CT molecular complexity index is 1150. The molecule has 162 valence electrons. The van der Waals surface area contributed by atoms with Crippen LogP contribution in [-0.2, 0) is 11.4 Å². The van der Waals surface area contributed by atoms with Crippen LogP contribution in [0.4, 0.5) is 5.69 Å². The number of pyridine rings is 1. The highest BCUT2D eigenvalue weighted by molar-refractivity contribution is 8.00. The van der Waals surface area contributed by atoms with Crippen molar-refractivity contribution in [1.29, 1.82) is 0 Å². The molecule has 2 aromatic heterocycles. The van der Waals surface area contributed by atoms with Crippen LogP contribution in [0.5, 0.6) is 11.5 Å². The standard InChI is InChI=1S/C23H20N4O4S/c1-29-18-6-2-16(3-7-18)23-27-26-22(31-23)14-30-19-8-4-17(5-9-19)25-21(28)15-32-20-10-12-24-13-11-20/h2-13H,14-15H2,1H3,(H,25,28). The first kappa shape index (κ1) is 21.4. The minimum absolute atomic E-state index is 0.0857. The molecule has 1 N–H and O–H groups in total. The van der Waals surface area contributed by atoms with Gasteiger partial charge in [0.1, 0.15) is 11.5 Å². The van der Waals surface area contributed by atoms with Gasteiger partial charge in [0.2, 0.25) is 11.8 Å². The summed E-state index contributed by atoms with van der Waals surface area (Å²) in [4.78, 5) is 17.1. The summed E-state index contributed by atoms with van der Waals surface area (Å²) in [6.07, 6.45) is 3.40. The van der Waals surface area contributed by atoms with Crippen LogP contribution < -0.4 is 14.8 Å². The molecule has 0 aliphatic carbocycles.